The molecule has 72 heavy (non-hydrogen) atoms. The highest BCUT2D eigenvalue weighted by Crippen LogP contribution is 2.79. The number of carboxylic acids is 1. The van der Waals surface area contributed by atoms with Gasteiger partial charge in [0.05, 0.1) is 43.7 Å². The monoisotopic (exact) mass is 1030 g/mol. The Hall–Kier alpha value is -2.00. The number of esters is 1. The van der Waals surface area contributed by atoms with E-state index >= 15 is 0 Å². The zero-order valence-electron chi connectivity index (χ0n) is 42.4. The average molecular weight is 1030 g/mol. The van der Waals surface area contributed by atoms with Crippen molar-refractivity contribution in [1.82, 2.24) is 0 Å². The quantitative estimate of drug-likeness (QED) is 0.0514. The molecule has 410 valence electrons. The number of rotatable bonds is 12. The number of carboxylic acid groups (broad SMARTS) is 1. The SMILES string of the molecule is C[C@H]1O[C@@H](O[C@H]2CC[C@@]3(C)[C@@H](CC[C@]4(C)[C@@H]3C=C[C@]35OC[C@@]6(CCC(C)(C)C[C@H]63)[C@@H](O)C[C@]54C)[C@]2(C)CO)[C@H](O[C@@H]2O[C@H](COC(=O)CC(=O)O)[C@@H](O)[C@H](O)[C@H]2O)[C@@H](O[C@@H]2O[C@H](CO)[C@@H](O)[C@H](O)[C@H]2O)[C@H]1O. The Morgan fingerprint density at radius 2 is 1.32 bits per heavy atom. The van der Waals surface area contributed by atoms with E-state index in [1.165, 1.54) is 6.92 Å². The molecule has 0 amide bonds. The minimum absolute atomic E-state index is 0.0169. The minimum atomic E-state index is -2.02. The van der Waals surface area contributed by atoms with Crippen molar-refractivity contribution in [2.45, 2.75) is 216 Å². The van der Waals surface area contributed by atoms with Gasteiger partial charge in [0.25, 0.3) is 0 Å². The largest absolute Gasteiger partial charge is 0.481 e. The summed E-state index contributed by atoms with van der Waals surface area (Å²) < 4.78 is 49.6. The lowest BCUT2D eigenvalue weighted by Crippen LogP contribution is -2.72. The molecule has 0 aromatic rings. The van der Waals surface area contributed by atoms with Crippen LogP contribution < -0.4 is 0 Å². The smallest absolute Gasteiger partial charge is 0.317 e. The van der Waals surface area contributed by atoms with Crippen LogP contribution in [-0.2, 0) is 47.5 Å². The van der Waals surface area contributed by atoms with Crippen LogP contribution in [0.3, 0.4) is 0 Å². The molecule has 9 rings (SSSR count). The molecule has 0 aromatic carbocycles. The molecule has 4 saturated heterocycles. The minimum Gasteiger partial charge on any atom is -0.481 e. The van der Waals surface area contributed by atoms with E-state index in [1.807, 2.05) is 6.92 Å². The third kappa shape index (κ3) is 8.28. The third-order valence-electron chi connectivity index (χ3n) is 20.6. The van der Waals surface area contributed by atoms with Crippen molar-refractivity contribution in [2.24, 2.45) is 50.2 Å². The highest BCUT2D eigenvalue weighted by molar-refractivity contribution is 5.90. The lowest BCUT2D eigenvalue weighted by atomic mass is 9.32. The second kappa shape index (κ2) is 19.2. The molecule has 21 nitrogen and oxygen atoms in total. The summed E-state index contributed by atoms with van der Waals surface area (Å²) in [6, 6.07) is 0. The fourth-order valence-corrected chi connectivity index (χ4v) is 16.1. The lowest BCUT2D eigenvalue weighted by Gasteiger charge is -2.73. The van der Waals surface area contributed by atoms with Crippen molar-refractivity contribution in [3.63, 3.8) is 0 Å². The second-order valence-corrected chi connectivity index (χ2v) is 24.8. The van der Waals surface area contributed by atoms with Crippen molar-refractivity contribution >= 4 is 11.9 Å². The molecule has 4 heterocycles. The summed E-state index contributed by atoms with van der Waals surface area (Å²) in [6.45, 7) is 13.8. The normalized spacial score (nSPS) is 54.7. The Bertz CT molecular complexity index is 2040. The third-order valence-corrected chi connectivity index (χ3v) is 20.6. The molecule has 8 fully saturated rings. The number of hydrogen-bond acceptors (Lipinski definition) is 20. The maximum atomic E-state index is 12.3. The van der Waals surface area contributed by atoms with Gasteiger partial charge in [-0.15, -0.1) is 0 Å². The molecule has 4 saturated carbocycles. The van der Waals surface area contributed by atoms with Crippen molar-refractivity contribution in [2.75, 3.05) is 26.4 Å². The molecule has 0 unspecified atom stereocenters. The molecular weight excluding hydrogens is 949 g/mol. The first-order chi connectivity index (χ1) is 33.7. The van der Waals surface area contributed by atoms with Gasteiger partial charge in [0.15, 0.2) is 18.9 Å². The molecule has 26 atom stereocenters. The van der Waals surface area contributed by atoms with Gasteiger partial charge in [-0.1, -0.05) is 53.7 Å². The number of allylic oxidation sites excluding steroid dienone is 1. The second-order valence-electron chi connectivity index (χ2n) is 24.8. The first-order valence-corrected chi connectivity index (χ1v) is 26.0. The fourth-order valence-electron chi connectivity index (χ4n) is 16.1. The molecule has 0 radical (unpaired) electrons. The summed E-state index contributed by atoms with van der Waals surface area (Å²) in [7, 11) is 0. The van der Waals surface area contributed by atoms with E-state index in [9.17, 15) is 60.7 Å². The number of aliphatic carboxylic acids is 1. The van der Waals surface area contributed by atoms with Gasteiger partial charge < -0.3 is 94.1 Å². The topological polar surface area (TPSA) is 331 Å². The van der Waals surface area contributed by atoms with Crippen molar-refractivity contribution < 1.29 is 104 Å². The summed E-state index contributed by atoms with van der Waals surface area (Å²) in [5.41, 5.74) is -2.81. The van der Waals surface area contributed by atoms with Gasteiger partial charge in [0.2, 0.25) is 0 Å². The van der Waals surface area contributed by atoms with E-state index in [2.05, 4.69) is 46.8 Å². The van der Waals surface area contributed by atoms with E-state index in [0.29, 0.717) is 32.3 Å². The van der Waals surface area contributed by atoms with Gasteiger partial charge in [-0.3, -0.25) is 9.59 Å². The number of carbonyl (C=O) groups excluding carboxylic acids is 1. The van der Waals surface area contributed by atoms with Gasteiger partial charge in [-0.25, -0.2) is 0 Å². The molecule has 21 heteroatoms. The van der Waals surface area contributed by atoms with Crippen LogP contribution in [0.15, 0.2) is 12.2 Å². The van der Waals surface area contributed by atoms with Crippen molar-refractivity contribution in [3.8, 4) is 0 Å². The summed E-state index contributed by atoms with van der Waals surface area (Å²) in [5, 5.41) is 120. The van der Waals surface area contributed by atoms with E-state index in [0.717, 1.165) is 25.7 Å². The predicted octanol–water partition coefficient (Wildman–Crippen LogP) is -0.373. The Morgan fingerprint density at radius 3 is 1.96 bits per heavy atom. The summed E-state index contributed by atoms with van der Waals surface area (Å²) in [5.74, 6) is -2.62. The number of carbonyl (C=O) groups is 2. The number of hydrogen-bond donors (Lipinski definition) is 11. The van der Waals surface area contributed by atoms with Crippen molar-refractivity contribution in [3.05, 3.63) is 12.2 Å². The Morgan fingerprint density at radius 1 is 0.681 bits per heavy atom. The Labute approximate surface area is 419 Å². The van der Waals surface area contributed by atoms with Gasteiger partial charge in [0.1, 0.15) is 80.2 Å². The molecule has 2 bridgehead atoms. The van der Waals surface area contributed by atoms with Crippen LogP contribution in [0, 0.1) is 50.2 Å². The highest BCUT2D eigenvalue weighted by Gasteiger charge is 2.79. The zero-order chi connectivity index (χ0) is 52.5. The number of aliphatic hydroxyl groups excluding tert-OH is 10. The van der Waals surface area contributed by atoms with Crippen LogP contribution in [0.1, 0.15) is 106 Å². The van der Waals surface area contributed by atoms with Gasteiger partial charge in [-0.2, -0.15) is 0 Å². The molecule has 1 spiro atoms. The number of fused-ring (bicyclic) bond motifs is 4. The van der Waals surface area contributed by atoms with E-state index in [4.69, 9.17) is 43.0 Å². The molecule has 0 aromatic heterocycles. The molecule has 9 aliphatic rings. The zero-order valence-corrected chi connectivity index (χ0v) is 42.4. The van der Waals surface area contributed by atoms with Crippen LogP contribution >= 0.6 is 0 Å². The Balaban J connectivity index is 1.02. The van der Waals surface area contributed by atoms with Crippen LogP contribution in [-0.4, -0.2) is 204 Å². The Kier molecular flexibility index (Phi) is 14.6. The maximum Gasteiger partial charge on any atom is 0.317 e. The van der Waals surface area contributed by atoms with E-state index in [1.54, 1.807) is 0 Å². The standard InChI is InChI=1S/C51H80O21/c1-23-33(58)40(71-42-38(63)36(61)34(59)24(19-52)68-42)41(72-43-39(64)37(62)35(60)25(69-43)20-65-32(57)16-31(55)56)44(67-23)70-30-10-11-46(4)26(47(30,5)21-53)8-12-48(6)27(46)9-13-51-28-17-45(2,3)14-15-50(28,22-66-51)29(54)18-49(48,51)7/h9,13,23-30,33-44,52-54,58-64H,8,10-12,14-22H2,1-7H3,(H,55,56)/t23-,24-,25-,26-,27-,28-,29+,30+,33+,34-,35-,36+,37+,38-,39-,40+,41-,42+,43+,44+,46+,47+,48-,49+,50-,51+/m1/s1. The first-order valence-electron chi connectivity index (χ1n) is 26.0. The fraction of sp³-hybridized carbons (Fsp3) is 0.922. The van der Waals surface area contributed by atoms with Crippen LogP contribution in [0.25, 0.3) is 0 Å². The predicted molar refractivity (Wildman–Crippen MR) is 246 cm³/mol. The number of aliphatic hydroxyl groups is 10. The van der Waals surface area contributed by atoms with Crippen LogP contribution in [0.2, 0.25) is 0 Å². The van der Waals surface area contributed by atoms with Crippen LogP contribution in [0.5, 0.6) is 0 Å². The maximum absolute atomic E-state index is 12.3. The molecule has 5 aliphatic carbocycles. The summed E-state index contributed by atoms with van der Waals surface area (Å²) in [4.78, 5) is 23.3. The van der Waals surface area contributed by atoms with E-state index < -0.39 is 158 Å². The highest BCUT2D eigenvalue weighted by atomic mass is 16.8. The average Bonchev–Trinajstić information content (AvgIpc) is 3.60. The van der Waals surface area contributed by atoms with Crippen molar-refractivity contribution in [1.29, 1.82) is 0 Å². The van der Waals surface area contributed by atoms with Gasteiger partial charge in [0, 0.05) is 22.2 Å². The number of ether oxygens (including phenoxy) is 8. The van der Waals surface area contributed by atoms with Crippen LogP contribution in [0.4, 0.5) is 0 Å². The lowest BCUT2D eigenvalue weighted by molar-refractivity contribution is -0.398. The summed E-state index contributed by atoms with van der Waals surface area (Å²) in [6.07, 6.45) is -17.3. The first kappa shape index (κ1) is 54.8. The molecule has 4 aliphatic heterocycles. The summed E-state index contributed by atoms with van der Waals surface area (Å²) >= 11 is 0. The molecule has 11 N–H and O–H groups in total. The molecular formula is C51H80O21. The van der Waals surface area contributed by atoms with Gasteiger partial charge >= 0.3 is 11.9 Å². The van der Waals surface area contributed by atoms with Gasteiger partial charge in [-0.05, 0) is 86.4 Å². The van der Waals surface area contributed by atoms with E-state index in [-0.39, 0.29) is 40.6 Å².